The van der Waals surface area contributed by atoms with Crippen molar-refractivity contribution in [1.29, 1.82) is 0 Å². The molecule has 2 unspecified atom stereocenters. The van der Waals surface area contributed by atoms with Crippen LogP contribution in [0.15, 0.2) is 18.2 Å². The molecule has 1 aliphatic rings. The minimum Gasteiger partial charge on any atom is -0.364 e. The number of benzene rings is 1. The molecule has 1 saturated heterocycles. The van der Waals surface area contributed by atoms with E-state index in [0.29, 0.717) is 19.5 Å². The third kappa shape index (κ3) is 3.77. The van der Waals surface area contributed by atoms with E-state index < -0.39 is 0 Å². The molecule has 1 aliphatic heterocycles. The van der Waals surface area contributed by atoms with Crippen LogP contribution < -0.4 is 11.1 Å². The molecule has 0 aromatic heterocycles. The van der Waals surface area contributed by atoms with Crippen molar-refractivity contribution in [2.24, 2.45) is 5.73 Å². The molecule has 110 valence electrons. The summed E-state index contributed by atoms with van der Waals surface area (Å²) in [7, 11) is 0. The monoisotopic (exact) mass is 280 g/mol. The van der Waals surface area contributed by atoms with Crippen molar-refractivity contribution in [2.45, 2.75) is 38.4 Å². The molecule has 0 aliphatic carbocycles. The van der Waals surface area contributed by atoms with Gasteiger partial charge in [-0.25, -0.2) is 4.39 Å². The molecule has 0 radical (unpaired) electrons. The van der Waals surface area contributed by atoms with Gasteiger partial charge in [-0.05, 0) is 49.4 Å². The number of aryl methyl sites for hydroxylation is 1. The van der Waals surface area contributed by atoms with Gasteiger partial charge in [-0.3, -0.25) is 4.79 Å². The van der Waals surface area contributed by atoms with Crippen molar-refractivity contribution in [3.8, 4) is 0 Å². The highest BCUT2D eigenvalue weighted by molar-refractivity contribution is 5.81. The van der Waals surface area contributed by atoms with Gasteiger partial charge in [-0.2, -0.15) is 0 Å². The molecule has 1 amide bonds. The van der Waals surface area contributed by atoms with Crippen LogP contribution in [-0.2, 0) is 16.0 Å². The summed E-state index contributed by atoms with van der Waals surface area (Å²) < 4.78 is 18.5. The van der Waals surface area contributed by atoms with Gasteiger partial charge in [0.2, 0.25) is 5.91 Å². The summed E-state index contributed by atoms with van der Waals surface area (Å²) >= 11 is 0. The number of hydrogen-bond donors (Lipinski definition) is 2. The van der Waals surface area contributed by atoms with E-state index in [-0.39, 0.29) is 23.9 Å². The molecular weight excluding hydrogens is 259 g/mol. The third-order valence-electron chi connectivity index (χ3n) is 3.66. The predicted octanol–water partition coefficient (Wildman–Crippen LogP) is 1.30. The predicted molar refractivity (Wildman–Crippen MR) is 74.8 cm³/mol. The summed E-state index contributed by atoms with van der Waals surface area (Å²) in [5.74, 6) is -0.316. The van der Waals surface area contributed by atoms with Gasteiger partial charge in [-0.1, -0.05) is 6.07 Å². The Hall–Kier alpha value is -1.46. The number of nitrogens with one attached hydrogen (secondary N) is 1. The van der Waals surface area contributed by atoms with Gasteiger partial charge in [-0.15, -0.1) is 0 Å². The maximum absolute atomic E-state index is 13.0. The standard InChI is InChI=1S/C15H21FN2O2/c1-10-8-12(16)3-2-11(10)6-7-18-15(19)14-5-4-13(9-17)20-14/h2-3,8,13-14H,4-7,9,17H2,1H3,(H,18,19). The van der Waals surface area contributed by atoms with Gasteiger partial charge in [0.15, 0.2) is 0 Å². The number of ether oxygens (including phenoxy) is 1. The lowest BCUT2D eigenvalue weighted by Crippen LogP contribution is -2.36. The summed E-state index contributed by atoms with van der Waals surface area (Å²) in [5, 5.41) is 2.86. The molecule has 1 aromatic carbocycles. The second-order valence-electron chi connectivity index (χ2n) is 5.17. The van der Waals surface area contributed by atoms with Gasteiger partial charge >= 0.3 is 0 Å². The zero-order valence-electron chi connectivity index (χ0n) is 11.7. The Balaban J connectivity index is 1.77. The van der Waals surface area contributed by atoms with E-state index in [1.54, 1.807) is 6.07 Å². The summed E-state index contributed by atoms with van der Waals surface area (Å²) in [6, 6.07) is 4.70. The molecule has 0 saturated carbocycles. The fraction of sp³-hybridized carbons (Fsp3) is 0.533. The van der Waals surface area contributed by atoms with Gasteiger partial charge in [0, 0.05) is 13.1 Å². The second-order valence-corrected chi connectivity index (χ2v) is 5.17. The van der Waals surface area contributed by atoms with Crippen LogP contribution in [0.4, 0.5) is 4.39 Å². The minimum atomic E-state index is -0.377. The first kappa shape index (κ1) is 14.9. The van der Waals surface area contributed by atoms with Crippen LogP contribution in [0.5, 0.6) is 0 Å². The SMILES string of the molecule is Cc1cc(F)ccc1CCNC(=O)C1CCC(CN)O1. The topological polar surface area (TPSA) is 64.4 Å². The van der Waals surface area contributed by atoms with Crippen molar-refractivity contribution in [3.05, 3.63) is 35.1 Å². The number of carbonyl (C=O) groups excluding carboxylic acids is 1. The molecule has 1 aromatic rings. The van der Waals surface area contributed by atoms with Crippen molar-refractivity contribution < 1.29 is 13.9 Å². The Morgan fingerprint density at radius 1 is 1.50 bits per heavy atom. The highest BCUT2D eigenvalue weighted by Crippen LogP contribution is 2.18. The van der Waals surface area contributed by atoms with Gasteiger partial charge in [0.1, 0.15) is 11.9 Å². The first-order chi connectivity index (χ1) is 9.60. The van der Waals surface area contributed by atoms with Crippen molar-refractivity contribution in [2.75, 3.05) is 13.1 Å². The molecule has 4 nitrogen and oxygen atoms in total. The first-order valence-electron chi connectivity index (χ1n) is 6.98. The summed E-state index contributed by atoms with van der Waals surface area (Å²) in [6.07, 6.45) is 1.88. The van der Waals surface area contributed by atoms with Gasteiger partial charge in [0.05, 0.1) is 6.10 Å². The number of hydrogen-bond acceptors (Lipinski definition) is 3. The van der Waals surface area contributed by atoms with Gasteiger partial charge < -0.3 is 15.8 Å². The largest absolute Gasteiger partial charge is 0.364 e. The van der Waals surface area contributed by atoms with Crippen LogP contribution >= 0.6 is 0 Å². The lowest BCUT2D eigenvalue weighted by atomic mass is 10.1. The molecule has 20 heavy (non-hydrogen) atoms. The van der Waals surface area contributed by atoms with Crippen LogP contribution in [0.2, 0.25) is 0 Å². The number of carbonyl (C=O) groups is 1. The normalized spacial score (nSPS) is 21.9. The average Bonchev–Trinajstić information content (AvgIpc) is 2.90. The lowest BCUT2D eigenvalue weighted by molar-refractivity contribution is -0.131. The third-order valence-corrected chi connectivity index (χ3v) is 3.66. The molecule has 2 rings (SSSR count). The van der Waals surface area contributed by atoms with Crippen LogP contribution in [0.25, 0.3) is 0 Å². The van der Waals surface area contributed by atoms with Gasteiger partial charge in [0.25, 0.3) is 0 Å². The lowest BCUT2D eigenvalue weighted by Gasteiger charge is -2.13. The number of nitrogens with two attached hydrogens (primary N) is 1. The summed E-state index contributed by atoms with van der Waals surface area (Å²) in [6.45, 7) is 2.85. The zero-order valence-corrected chi connectivity index (χ0v) is 11.7. The molecule has 3 N–H and O–H groups in total. The molecule has 2 atom stereocenters. The number of halogens is 1. The summed E-state index contributed by atoms with van der Waals surface area (Å²) in [5.41, 5.74) is 7.46. The minimum absolute atomic E-state index is 0.00472. The van der Waals surface area contributed by atoms with E-state index >= 15 is 0 Å². The van der Waals surface area contributed by atoms with Crippen LogP contribution in [0, 0.1) is 12.7 Å². The van der Waals surface area contributed by atoms with Crippen LogP contribution in [0.3, 0.4) is 0 Å². The van der Waals surface area contributed by atoms with E-state index in [9.17, 15) is 9.18 Å². The Kier molecular flexibility index (Phi) is 5.09. The van der Waals surface area contributed by atoms with Crippen LogP contribution in [0.1, 0.15) is 24.0 Å². The molecule has 1 fully saturated rings. The molecule has 0 bridgehead atoms. The van der Waals surface area contributed by atoms with E-state index in [1.165, 1.54) is 12.1 Å². The highest BCUT2D eigenvalue weighted by atomic mass is 19.1. The molecule has 0 spiro atoms. The maximum atomic E-state index is 13.0. The number of amides is 1. The Labute approximate surface area is 118 Å². The van der Waals surface area contributed by atoms with E-state index in [2.05, 4.69) is 5.32 Å². The Morgan fingerprint density at radius 3 is 2.95 bits per heavy atom. The molecule has 1 heterocycles. The second kappa shape index (κ2) is 6.81. The Bertz CT molecular complexity index is 479. The van der Waals surface area contributed by atoms with Crippen molar-refractivity contribution in [3.63, 3.8) is 0 Å². The molecular formula is C15H21FN2O2. The van der Waals surface area contributed by atoms with E-state index in [0.717, 1.165) is 24.0 Å². The molecule has 5 heteroatoms. The number of rotatable bonds is 5. The van der Waals surface area contributed by atoms with Crippen molar-refractivity contribution in [1.82, 2.24) is 5.32 Å². The highest BCUT2D eigenvalue weighted by Gasteiger charge is 2.29. The van der Waals surface area contributed by atoms with E-state index in [4.69, 9.17) is 10.5 Å². The quantitative estimate of drug-likeness (QED) is 0.854. The smallest absolute Gasteiger partial charge is 0.249 e. The fourth-order valence-electron chi connectivity index (χ4n) is 2.45. The fourth-order valence-corrected chi connectivity index (χ4v) is 2.45. The van der Waals surface area contributed by atoms with Crippen LogP contribution in [-0.4, -0.2) is 31.2 Å². The van der Waals surface area contributed by atoms with E-state index in [1.807, 2.05) is 6.92 Å². The zero-order chi connectivity index (χ0) is 14.5. The Morgan fingerprint density at radius 2 is 2.30 bits per heavy atom. The summed E-state index contributed by atoms with van der Waals surface area (Å²) in [4.78, 5) is 11.9. The average molecular weight is 280 g/mol. The first-order valence-corrected chi connectivity index (χ1v) is 6.98. The van der Waals surface area contributed by atoms with Crippen molar-refractivity contribution >= 4 is 5.91 Å². The maximum Gasteiger partial charge on any atom is 0.249 e.